The van der Waals surface area contributed by atoms with E-state index in [4.69, 9.17) is 14.2 Å². The Morgan fingerprint density at radius 1 is 1.03 bits per heavy atom. The molecule has 0 atom stereocenters. The summed E-state index contributed by atoms with van der Waals surface area (Å²) in [5, 5.41) is 13.6. The number of nitriles is 1. The molecule has 12 heteroatoms. The number of imide groups is 1. The summed E-state index contributed by atoms with van der Waals surface area (Å²) >= 11 is 3.31. The first-order valence-corrected chi connectivity index (χ1v) is 12.4. The van der Waals surface area contributed by atoms with Crippen molar-refractivity contribution in [3.05, 3.63) is 52.4 Å². The fourth-order valence-corrected chi connectivity index (χ4v) is 3.52. The van der Waals surface area contributed by atoms with Crippen LogP contribution in [0.5, 0.6) is 11.6 Å². The van der Waals surface area contributed by atoms with E-state index in [0.717, 1.165) is 4.90 Å². The van der Waals surface area contributed by atoms with Gasteiger partial charge in [-0.05, 0) is 75.7 Å². The highest BCUT2D eigenvalue weighted by Gasteiger charge is 2.31. The molecule has 0 aliphatic rings. The number of hydrogen-bond donors (Lipinski definition) is 0. The number of hydrogen-bond acceptors (Lipinski definition) is 9. The molecular weight excluding hydrogens is 556 g/mol. The van der Waals surface area contributed by atoms with Crippen LogP contribution >= 0.6 is 15.9 Å². The Morgan fingerprint density at radius 3 is 2.08 bits per heavy atom. The standard InChI is InChI=1S/C26H29BrN6O5/c1-25(2,3)37-23(34)33(24(35)38-26(4,5)6)15-17-13-29-22(30-14-17)18-9-8-16(12-28)10-19(18)36-21-11-20(27)31-32(21)7/h8-11,13-14H,15H2,1-7H3. The Balaban J connectivity index is 1.90. The molecule has 0 spiro atoms. The molecule has 3 aromatic rings. The number of aromatic nitrogens is 4. The number of carbonyl (C=O) groups is 2. The Kier molecular flexibility index (Phi) is 8.41. The van der Waals surface area contributed by atoms with Crippen molar-refractivity contribution in [3.8, 4) is 29.1 Å². The molecule has 38 heavy (non-hydrogen) atoms. The van der Waals surface area contributed by atoms with E-state index < -0.39 is 23.4 Å². The zero-order chi connectivity index (χ0) is 28.3. The number of rotatable bonds is 5. The first-order valence-electron chi connectivity index (χ1n) is 11.6. The van der Waals surface area contributed by atoms with Crippen LogP contribution in [0.1, 0.15) is 52.7 Å². The molecule has 0 radical (unpaired) electrons. The maximum atomic E-state index is 12.8. The largest absolute Gasteiger partial charge is 0.443 e. The highest BCUT2D eigenvalue weighted by molar-refractivity contribution is 9.10. The summed E-state index contributed by atoms with van der Waals surface area (Å²) in [6, 6.07) is 8.68. The minimum Gasteiger partial charge on any atom is -0.443 e. The van der Waals surface area contributed by atoms with Gasteiger partial charge in [-0.15, -0.1) is 0 Å². The SMILES string of the molecule is Cn1nc(Br)cc1Oc1cc(C#N)ccc1-c1ncc(CN(C(=O)OC(C)(C)C)C(=O)OC(C)(C)C)cn1. The van der Waals surface area contributed by atoms with Crippen molar-refractivity contribution >= 4 is 28.1 Å². The molecule has 0 saturated carbocycles. The van der Waals surface area contributed by atoms with Crippen LogP contribution in [0.15, 0.2) is 41.3 Å². The lowest BCUT2D eigenvalue weighted by Gasteiger charge is -2.28. The molecule has 0 fully saturated rings. The Labute approximate surface area is 229 Å². The third kappa shape index (κ3) is 7.76. The minimum atomic E-state index is -0.846. The average Bonchev–Trinajstić information content (AvgIpc) is 3.11. The van der Waals surface area contributed by atoms with Crippen LogP contribution in [-0.2, 0) is 23.1 Å². The highest BCUT2D eigenvalue weighted by Crippen LogP contribution is 2.33. The van der Waals surface area contributed by atoms with Gasteiger partial charge in [0.05, 0.1) is 23.7 Å². The van der Waals surface area contributed by atoms with Crippen molar-refractivity contribution in [2.45, 2.75) is 59.3 Å². The predicted molar refractivity (Wildman–Crippen MR) is 141 cm³/mol. The van der Waals surface area contributed by atoms with Crippen molar-refractivity contribution in [3.63, 3.8) is 0 Å². The Morgan fingerprint density at radius 2 is 1.61 bits per heavy atom. The van der Waals surface area contributed by atoms with E-state index >= 15 is 0 Å². The molecule has 0 bridgehead atoms. The first kappa shape index (κ1) is 28.6. The van der Waals surface area contributed by atoms with Gasteiger partial charge in [-0.25, -0.2) is 29.1 Å². The Bertz CT molecular complexity index is 1340. The normalized spacial score (nSPS) is 11.4. The van der Waals surface area contributed by atoms with E-state index in [2.05, 4.69) is 37.1 Å². The first-order chi connectivity index (χ1) is 17.6. The van der Waals surface area contributed by atoms with Crippen LogP contribution in [0.3, 0.4) is 0 Å². The van der Waals surface area contributed by atoms with Crippen LogP contribution in [0.2, 0.25) is 0 Å². The lowest BCUT2D eigenvalue weighted by Crippen LogP contribution is -2.43. The van der Waals surface area contributed by atoms with Crippen molar-refractivity contribution in [1.82, 2.24) is 24.6 Å². The van der Waals surface area contributed by atoms with Gasteiger partial charge in [0.1, 0.15) is 21.6 Å². The number of ether oxygens (including phenoxy) is 3. The second-order valence-electron chi connectivity index (χ2n) is 10.3. The van der Waals surface area contributed by atoms with E-state index in [1.165, 1.54) is 12.4 Å². The van der Waals surface area contributed by atoms with Gasteiger partial charge >= 0.3 is 12.2 Å². The van der Waals surface area contributed by atoms with Crippen molar-refractivity contribution < 1.29 is 23.8 Å². The zero-order valence-corrected chi connectivity index (χ0v) is 23.9. The molecule has 0 unspecified atom stereocenters. The van der Waals surface area contributed by atoms with E-state index in [-0.39, 0.29) is 6.54 Å². The van der Waals surface area contributed by atoms with Gasteiger partial charge in [0.2, 0.25) is 5.88 Å². The second kappa shape index (κ2) is 11.2. The number of benzene rings is 1. The molecule has 1 aromatic carbocycles. The quantitative estimate of drug-likeness (QED) is 0.355. The molecule has 200 valence electrons. The van der Waals surface area contributed by atoms with Gasteiger partial charge in [-0.3, -0.25) is 0 Å². The molecule has 0 saturated heterocycles. The second-order valence-corrected chi connectivity index (χ2v) is 11.1. The molecule has 2 heterocycles. The monoisotopic (exact) mass is 584 g/mol. The minimum absolute atomic E-state index is 0.163. The number of aryl methyl sites for hydroxylation is 1. The molecule has 2 aromatic heterocycles. The number of carbonyl (C=O) groups excluding carboxylic acids is 2. The fraction of sp³-hybridized carbons (Fsp3) is 0.385. The van der Waals surface area contributed by atoms with E-state index in [9.17, 15) is 14.9 Å². The molecule has 0 aliphatic heterocycles. The molecule has 2 amide bonds. The number of halogens is 1. The molecule has 3 rings (SSSR count). The number of nitrogens with zero attached hydrogens (tertiary/aromatic N) is 6. The fourth-order valence-electron chi connectivity index (χ4n) is 3.08. The van der Waals surface area contributed by atoms with Crippen molar-refractivity contribution in [1.29, 1.82) is 5.26 Å². The topological polar surface area (TPSA) is 132 Å². The van der Waals surface area contributed by atoms with Crippen LogP contribution in [0.4, 0.5) is 9.59 Å². The van der Waals surface area contributed by atoms with Crippen LogP contribution in [0.25, 0.3) is 11.4 Å². The van der Waals surface area contributed by atoms with Crippen LogP contribution in [0, 0.1) is 11.3 Å². The van der Waals surface area contributed by atoms with Gasteiger partial charge in [-0.2, -0.15) is 10.4 Å². The molecular formula is C26H29BrN6O5. The van der Waals surface area contributed by atoms with Crippen LogP contribution < -0.4 is 4.74 Å². The van der Waals surface area contributed by atoms with E-state index in [1.807, 2.05) is 0 Å². The van der Waals surface area contributed by atoms with E-state index in [0.29, 0.717) is 38.7 Å². The van der Waals surface area contributed by atoms with Gasteiger partial charge in [0.25, 0.3) is 0 Å². The summed E-state index contributed by atoms with van der Waals surface area (Å²) in [7, 11) is 1.72. The van der Waals surface area contributed by atoms with Gasteiger partial charge < -0.3 is 14.2 Å². The van der Waals surface area contributed by atoms with Crippen molar-refractivity contribution in [2.24, 2.45) is 7.05 Å². The molecule has 0 N–H and O–H groups in total. The lowest BCUT2D eigenvalue weighted by atomic mass is 10.1. The van der Waals surface area contributed by atoms with Gasteiger partial charge in [-0.1, -0.05) is 0 Å². The number of amides is 2. The predicted octanol–water partition coefficient (Wildman–Crippen LogP) is 5.98. The molecule has 11 nitrogen and oxygen atoms in total. The smallest absolute Gasteiger partial charge is 0.420 e. The van der Waals surface area contributed by atoms with E-state index in [1.54, 1.807) is 77.5 Å². The maximum Gasteiger partial charge on any atom is 0.420 e. The highest BCUT2D eigenvalue weighted by atomic mass is 79.9. The third-order valence-corrected chi connectivity index (χ3v) is 5.03. The molecule has 0 aliphatic carbocycles. The van der Waals surface area contributed by atoms with Gasteiger partial charge in [0.15, 0.2) is 5.82 Å². The van der Waals surface area contributed by atoms with Gasteiger partial charge in [0, 0.05) is 31.1 Å². The third-order valence-electron chi connectivity index (χ3n) is 4.65. The summed E-state index contributed by atoms with van der Waals surface area (Å²) in [5.74, 6) is 1.11. The summed E-state index contributed by atoms with van der Waals surface area (Å²) in [6.45, 7) is 10.1. The average molecular weight is 585 g/mol. The van der Waals surface area contributed by atoms with Crippen molar-refractivity contribution in [2.75, 3.05) is 0 Å². The summed E-state index contributed by atoms with van der Waals surface area (Å²) in [4.78, 5) is 35.3. The Hall–Kier alpha value is -3.98. The summed E-state index contributed by atoms with van der Waals surface area (Å²) in [5.41, 5.74) is -0.228. The maximum absolute atomic E-state index is 12.8. The summed E-state index contributed by atoms with van der Waals surface area (Å²) < 4.78 is 18.9. The van der Waals surface area contributed by atoms with Crippen LogP contribution in [-0.4, -0.2) is 48.0 Å². The zero-order valence-electron chi connectivity index (χ0n) is 22.3. The summed E-state index contributed by atoms with van der Waals surface area (Å²) in [6.07, 6.45) is 1.29. The lowest BCUT2D eigenvalue weighted by molar-refractivity contribution is -0.000276.